The van der Waals surface area contributed by atoms with Crippen LogP contribution in [0, 0.1) is 17.9 Å². The Morgan fingerprint density at radius 3 is 2.33 bits per heavy atom. The van der Waals surface area contributed by atoms with E-state index in [0.717, 1.165) is 38.9 Å². The van der Waals surface area contributed by atoms with E-state index < -0.39 is 14.0 Å². The van der Waals surface area contributed by atoms with Gasteiger partial charge >= 0.3 is 0 Å². The summed E-state index contributed by atoms with van der Waals surface area (Å²) in [5.41, 5.74) is 7.19. The van der Waals surface area contributed by atoms with E-state index in [1.807, 2.05) is 62.5 Å². The Morgan fingerprint density at radius 1 is 0.860 bits per heavy atom. The van der Waals surface area contributed by atoms with Gasteiger partial charge in [0.05, 0.1) is 13.7 Å². The molecule has 3 heterocycles. The van der Waals surface area contributed by atoms with Crippen molar-refractivity contribution >= 4 is 35.2 Å². The molecule has 6 heteroatoms. The summed E-state index contributed by atoms with van der Waals surface area (Å²) in [7, 11) is -1.50. The van der Waals surface area contributed by atoms with Gasteiger partial charge in [-0.2, -0.15) is 0 Å². The monoisotopic (exact) mass is 766 g/mol. The Hall–Kier alpha value is -3.44. The average molecular weight is 766 g/mol. The molecule has 6 rings (SSSR count). The molecule has 223 valence electrons. The second-order valence-electron chi connectivity index (χ2n) is 12.1. The number of hydrogen-bond acceptors (Lipinski definition) is 3. The molecular formula is C37H37FIrN2OSi-2. The molecule has 0 saturated heterocycles. The van der Waals surface area contributed by atoms with Crippen LogP contribution in [-0.4, -0.2) is 18.0 Å². The number of furan rings is 1. The van der Waals surface area contributed by atoms with Gasteiger partial charge in [-0.15, -0.1) is 54.1 Å². The van der Waals surface area contributed by atoms with E-state index in [-0.39, 0.29) is 25.9 Å². The molecule has 6 aromatic rings. The Morgan fingerprint density at radius 2 is 1.65 bits per heavy atom. The maximum Gasteiger partial charge on any atom is 0.124 e. The molecule has 0 aliphatic heterocycles. The Balaban J connectivity index is 0.000000199. The molecule has 0 atom stereocenters. The van der Waals surface area contributed by atoms with Crippen molar-refractivity contribution in [2.75, 3.05) is 0 Å². The van der Waals surface area contributed by atoms with Crippen LogP contribution in [0.1, 0.15) is 52.0 Å². The van der Waals surface area contributed by atoms with Crippen LogP contribution in [-0.2, 0) is 20.1 Å². The quantitative estimate of drug-likeness (QED) is 0.130. The van der Waals surface area contributed by atoms with Gasteiger partial charge in [0.25, 0.3) is 0 Å². The zero-order chi connectivity index (χ0) is 30.9. The molecule has 3 aromatic heterocycles. The first-order valence-corrected chi connectivity index (χ1v) is 17.8. The molecular weight excluding hydrogens is 728 g/mol. The van der Waals surface area contributed by atoms with Gasteiger partial charge in [0.1, 0.15) is 11.4 Å². The normalized spacial score (nSPS) is 12.1. The van der Waals surface area contributed by atoms with Crippen LogP contribution in [0.15, 0.2) is 89.6 Å². The van der Waals surface area contributed by atoms with Gasteiger partial charge < -0.3 is 14.4 Å². The molecule has 0 fully saturated rings. The van der Waals surface area contributed by atoms with Crippen LogP contribution in [0.25, 0.3) is 44.5 Å². The number of nitrogens with zero attached hydrogens (tertiary/aromatic N) is 2. The maximum atomic E-state index is 13.5. The number of hydrogen-bond donors (Lipinski definition) is 0. The number of halogens is 1. The van der Waals surface area contributed by atoms with Crippen LogP contribution in [0.3, 0.4) is 0 Å². The molecule has 3 aromatic carbocycles. The predicted molar refractivity (Wildman–Crippen MR) is 175 cm³/mol. The minimum atomic E-state index is -1.50. The molecule has 0 aliphatic carbocycles. The van der Waals surface area contributed by atoms with E-state index in [1.165, 1.54) is 22.9 Å². The molecule has 43 heavy (non-hydrogen) atoms. The van der Waals surface area contributed by atoms with Crippen molar-refractivity contribution in [3.05, 3.63) is 114 Å². The molecule has 0 amide bonds. The first-order valence-electron chi connectivity index (χ1n) is 14.8. The van der Waals surface area contributed by atoms with Crippen LogP contribution in [0.2, 0.25) is 19.6 Å². The summed E-state index contributed by atoms with van der Waals surface area (Å²) in [5.74, 6) is -0.461. The van der Waals surface area contributed by atoms with Gasteiger partial charge in [-0.05, 0) is 52.7 Å². The fourth-order valence-electron chi connectivity index (χ4n) is 5.01. The molecule has 0 bridgehead atoms. The molecule has 0 unspecified atom stereocenters. The van der Waals surface area contributed by atoms with Gasteiger partial charge in [0.15, 0.2) is 0 Å². The Bertz CT molecular complexity index is 1890. The average Bonchev–Trinajstić information content (AvgIpc) is 3.35. The van der Waals surface area contributed by atoms with Gasteiger partial charge in [-0.3, -0.25) is 0 Å². The number of benzene rings is 3. The number of aromatic nitrogens is 2. The van der Waals surface area contributed by atoms with E-state index in [1.54, 1.807) is 12.3 Å². The maximum absolute atomic E-state index is 13.5. The van der Waals surface area contributed by atoms with Crippen molar-refractivity contribution in [2.24, 2.45) is 0 Å². The van der Waals surface area contributed by atoms with Crippen molar-refractivity contribution in [1.29, 1.82) is 0 Å². The zero-order valence-corrected chi connectivity index (χ0v) is 29.1. The summed E-state index contributed by atoms with van der Waals surface area (Å²) in [6.07, 6.45) is 3.79. The minimum Gasteiger partial charge on any atom is -0.501 e. The van der Waals surface area contributed by atoms with E-state index in [2.05, 4.69) is 67.7 Å². The van der Waals surface area contributed by atoms with E-state index in [4.69, 9.17) is 5.79 Å². The Kier molecular flexibility index (Phi) is 9.70. The second-order valence-corrected chi connectivity index (χ2v) is 17.1. The second kappa shape index (κ2) is 13.5. The first kappa shape index (κ1) is 31.0. The number of rotatable bonds is 5. The SMILES string of the molecule is CC(C)c1ccnc(-c2[c-]ccc3c2oc2ccc(F)cc23)c1.[2H]C(C)(C)c1cc(-c2[c-]cccc2)ncc1[Si](C)(C)C.[Ir]. The van der Waals surface area contributed by atoms with Gasteiger partial charge in [-0.1, -0.05) is 81.5 Å². The minimum absolute atomic E-state index is 0. The third-order valence-electron chi connectivity index (χ3n) is 7.34. The fraction of sp³-hybridized carbons (Fsp3) is 0.243. The van der Waals surface area contributed by atoms with Gasteiger partial charge in [0.2, 0.25) is 0 Å². The molecule has 0 spiro atoms. The van der Waals surface area contributed by atoms with Crippen molar-refractivity contribution < 1.29 is 30.3 Å². The van der Waals surface area contributed by atoms with Crippen molar-refractivity contribution in [3.8, 4) is 22.5 Å². The molecule has 1 radical (unpaired) electrons. The summed E-state index contributed by atoms with van der Waals surface area (Å²) in [4.78, 5) is 9.07. The molecule has 0 saturated carbocycles. The summed E-state index contributed by atoms with van der Waals surface area (Å²) >= 11 is 0. The summed E-state index contributed by atoms with van der Waals surface area (Å²) in [5, 5.41) is 2.93. The molecule has 0 N–H and O–H groups in total. The summed E-state index contributed by atoms with van der Waals surface area (Å²) in [6.45, 7) is 15.1. The summed E-state index contributed by atoms with van der Waals surface area (Å²) in [6, 6.07) is 28.7. The van der Waals surface area contributed by atoms with E-state index >= 15 is 0 Å². The van der Waals surface area contributed by atoms with Crippen molar-refractivity contribution in [2.45, 2.75) is 59.1 Å². The van der Waals surface area contributed by atoms with E-state index in [9.17, 15) is 4.39 Å². The van der Waals surface area contributed by atoms with E-state index in [0.29, 0.717) is 17.1 Å². The van der Waals surface area contributed by atoms with Crippen molar-refractivity contribution in [1.82, 2.24) is 9.97 Å². The standard InChI is InChI=1S/C20H15FNO.C17H22NSi.Ir/c1-12(2)13-8-9-22-18(10-13)16-5-3-4-15-17-11-14(21)6-7-19(17)23-20(15)16;1-13(2)15-11-16(14-9-7-6-8-10-14)18-12-17(15)19(3,4)5;/h3-4,6-12H,1-2H3;6-9,11-13H,1-5H3;/q2*-1;/i;13D;. The smallest absolute Gasteiger partial charge is 0.124 e. The van der Waals surface area contributed by atoms with Crippen molar-refractivity contribution in [3.63, 3.8) is 0 Å². The van der Waals surface area contributed by atoms with Crippen LogP contribution >= 0.6 is 0 Å². The van der Waals surface area contributed by atoms with Crippen LogP contribution in [0.4, 0.5) is 4.39 Å². The topological polar surface area (TPSA) is 38.9 Å². The van der Waals surface area contributed by atoms with Crippen LogP contribution in [0.5, 0.6) is 0 Å². The number of fused-ring (bicyclic) bond motifs is 3. The van der Waals surface area contributed by atoms with Crippen LogP contribution < -0.4 is 5.19 Å². The third-order valence-corrected chi connectivity index (χ3v) is 9.35. The van der Waals surface area contributed by atoms with Gasteiger partial charge in [0, 0.05) is 39.3 Å². The van der Waals surface area contributed by atoms with Gasteiger partial charge in [-0.25, -0.2) is 4.39 Å². The fourth-order valence-corrected chi connectivity index (χ4v) is 6.60. The molecule has 3 nitrogen and oxygen atoms in total. The number of pyridine rings is 2. The Labute approximate surface area is 270 Å². The first-order chi connectivity index (χ1) is 20.3. The largest absolute Gasteiger partial charge is 0.501 e. The zero-order valence-electron chi connectivity index (χ0n) is 26.7. The third kappa shape index (κ3) is 7.21. The predicted octanol–water partition coefficient (Wildman–Crippen LogP) is 9.93. The molecule has 0 aliphatic rings. The summed E-state index contributed by atoms with van der Waals surface area (Å²) < 4.78 is 27.9.